The number of carbonyl (C=O) groups excluding carboxylic acids is 1. The maximum atomic E-state index is 12.8. The number of hydrogen-bond acceptors (Lipinski definition) is 6. The summed E-state index contributed by atoms with van der Waals surface area (Å²) in [7, 11) is 0. The standard InChI is InChI=1S/C18H23N3O4/c1-4-23-15-7-6-13(10-16(15)24-5-2)18(22)21-9-8-14(11-21)17-19-12(3)20-25-17/h6-7,10,14H,4-5,8-9,11H2,1-3H3/t14-/m0/s1. The van der Waals surface area contributed by atoms with Gasteiger partial charge in [-0.1, -0.05) is 5.16 Å². The number of likely N-dealkylation sites (tertiary alicyclic amines) is 1. The van der Waals surface area contributed by atoms with Crippen molar-refractivity contribution in [2.45, 2.75) is 33.1 Å². The molecule has 3 rings (SSSR count). The maximum Gasteiger partial charge on any atom is 0.254 e. The maximum absolute atomic E-state index is 12.8. The van der Waals surface area contributed by atoms with E-state index in [1.807, 2.05) is 18.7 Å². The second kappa shape index (κ2) is 7.55. The van der Waals surface area contributed by atoms with Crippen LogP contribution in [0.4, 0.5) is 0 Å². The largest absolute Gasteiger partial charge is 0.490 e. The molecule has 1 aromatic heterocycles. The van der Waals surface area contributed by atoms with Crippen LogP contribution in [0.1, 0.15) is 48.3 Å². The Hall–Kier alpha value is -2.57. The molecule has 2 aromatic rings. The number of rotatable bonds is 6. The van der Waals surface area contributed by atoms with E-state index in [1.54, 1.807) is 25.1 Å². The Morgan fingerprint density at radius 1 is 1.28 bits per heavy atom. The van der Waals surface area contributed by atoms with Crippen molar-refractivity contribution in [1.29, 1.82) is 0 Å². The Kier molecular flexibility index (Phi) is 5.21. The minimum absolute atomic E-state index is 0.0252. The van der Waals surface area contributed by atoms with E-state index < -0.39 is 0 Å². The number of carbonyl (C=O) groups is 1. The molecule has 7 nitrogen and oxygen atoms in total. The van der Waals surface area contributed by atoms with Crippen molar-refractivity contribution in [3.63, 3.8) is 0 Å². The van der Waals surface area contributed by atoms with Crippen molar-refractivity contribution in [2.24, 2.45) is 0 Å². The van der Waals surface area contributed by atoms with Crippen LogP contribution < -0.4 is 9.47 Å². The molecule has 1 fully saturated rings. The molecule has 1 aliphatic heterocycles. The summed E-state index contributed by atoms with van der Waals surface area (Å²) in [5.74, 6) is 2.55. The minimum Gasteiger partial charge on any atom is -0.490 e. The van der Waals surface area contributed by atoms with Gasteiger partial charge in [-0.25, -0.2) is 0 Å². The van der Waals surface area contributed by atoms with Crippen molar-refractivity contribution in [1.82, 2.24) is 15.0 Å². The summed E-state index contributed by atoms with van der Waals surface area (Å²) in [6.07, 6.45) is 0.822. The van der Waals surface area contributed by atoms with Gasteiger partial charge in [-0.3, -0.25) is 4.79 Å². The Balaban J connectivity index is 1.73. The highest BCUT2D eigenvalue weighted by atomic mass is 16.5. The van der Waals surface area contributed by atoms with Gasteiger partial charge >= 0.3 is 0 Å². The molecule has 1 amide bonds. The van der Waals surface area contributed by atoms with Gasteiger partial charge < -0.3 is 18.9 Å². The van der Waals surface area contributed by atoms with Gasteiger partial charge in [0.15, 0.2) is 17.3 Å². The van der Waals surface area contributed by atoms with Crippen molar-refractivity contribution in [3.05, 3.63) is 35.5 Å². The summed E-state index contributed by atoms with van der Waals surface area (Å²) in [5, 5.41) is 3.83. The second-order valence-corrected chi connectivity index (χ2v) is 5.94. The molecule has 134 valence electrons. The zero-order chi connectivity index (χ0) is 17.8. The third kappa shape index (κ3) is 3.75. The smallest absolute Gasteiger partial charge is 0.254 e. The third-order valence-electron chi connectivity index (χ3n) is 4.16. The van der Waals surface area contributed by atoms with Crippen molar-refractivity contribution in [3.8, 4) is 11.5 Å². The Labute approximate surface area is 146 Å². The number of ether oxygens (including phenoxy) is 2. The van der Waals surface area contributed by atoms with E-state index in [0.717, 1.165) is 6.42 Å². The number of nitrogens with zero attached hydrogens (tertiary/aromatic N) is 3. The van der Waals surface area contributed by atoms with E-state index in [2.05, 4.69) is 10.1 Å². The average Bonchev–Trinajstić information content (AvgIpc) is 3.25. The van der Waals surface area contributed by atoms with Gasteiger partial charge in [0.2, 0.25) is 5.89 Å². The third-order valence-corrected chi connectivity index (χ3v) is 4.16. The fourth-order valence-electron chi connectivity index (χ4n) is 2.99. The van der Waals surface area contributed by atoms with Crippen molar-refractivity contribution in [2.75, 3.05) is 26.3 Å². The summed E-state index contributed by atoms with van der Waals surface area (Å²) >= 11 is 0. The van der Waals surface area contributed by atoms with E-state index in [1.165, 1.54) is 0 Å². The highest BCUT2D eigenvalue weighted by Crippen LogP contribution is 2.31. The summed E-state index contributed by atoms with van der Waals surface area (Å²) < 4.78 is 16.4. The topological polar surface area (TPSA) is 77.7 Å². The van der Waals surface area contributed by atoms with Crippen molar-refractivity contribution < 1.29 is 18.8 Å². The van der Waals surface area contributed by atoms with Crippen LogP contribution >= 0.6 is 0 Å². The Morgan fingerprint density at radius 2 is 2.04 bits per heavy atom. The summed E-state index contributed by atoms with van der Waals surface area (Å²) in [6.45, 7) is 7.92. The fraction of sp³-hybridized carbons (Fsp3) is 0.500. The SMILES string of the molecule is CCOc1ccc(C(=O)N2CC[C@H](c3nc(C)no3)C2)cc1OCC. The lowest BCUT2D eigenvalue weighted by atomic mass is 10.1. The van der Waals surface area contributed by atoms with Gasteiger partial charge in [0.05, 0.1) is 19.1 Å². The van der Waals surface area contributed by atoms with Crippen LogP contribution in [-0.2, 0) is 0 Å². The van der Waals surface area contributed by atoms with E-state index in [-0.39, 0.29) is 11.8 Å². The predicted molar refractivity (Wildman–Crippen MR) is 91.1 cm³/mol. The molecular formula is C18H23N3O4. The number of amides is 1. The zero-order valence-corrected chi connectivity index (χ0v) is 14.8. The van der Waals surface area contributed by atoms with Crippen LogP contribution in [0.15, 0.2) is 22.7 Å². The average molecular weight is 345 g/mol. The highest BCUT2D eigenvalue weighted by molar-refractivity contribution is 5.95. The summed E-state index contributed by atoms with van der Waals surface area (Å²) in [6, 6.07) is 5.32. The van der Waals surface area contributed by atoms with Gasteiger partial charge in [-0.15, -0.1) is 0 Å². The first-order valence-corrected chi connectivity index (χ1v) is 8.61. The fourth-order valence-corrected chi connectivity index (χ4v) is 2.99. The molecule has 0 N–H and O–H groups in total. The second-order valence-electron chi connectivity index (χ2n) is 5.94. The highest BCUT2D eigenvalue weighted by Gasteiger charge is 2.31. The zero-order valence-electron chi connectivity index (χ0n) is 14.8. The quantitative estimate of drug-likeness (QED) is 0.801. The molecule has 1 aliphatic rings. The Bertz CT molecular complexity index is 744. The van der Waals surface area contributed by atoms with Crippen LogP contribution in [0.5, 0.6) is 11.5 Å². The van der Waals surface area contributed by atoms with Crippen molar-refractivity contribution >= 4 is 5.91 Å². The van der Waals surface area contributed by atoms with Crippen LogP contribution in [-0.4, -0.2) is 47.3 Å². The molecule has 0 saturated carbocycles. The molecule has 0 spiro atoms. The minimum atomic E-state index is -0.0252. The molecule has 1 aromatic carbocycles. The lowest BCUT2D eigenvalue weighted by Gasteiger charge is -2.17. The molecule has 0 unspecified atom stereocenters. The van der Waals surface area contributed by atoms with Gasteiger partial charge in [-0.05, 0) is 45.4 Å². The van der Waals surface area contributed by atoms with Crippen LogP contribution in [0.25, 0.3) is 0 Å². The molecule has 0 radical (unpaired) electrons. The van der Waals surface area contributed by atoms with E-state index in [9.17, 15) is 4.79 Å². The number of benzene rings is 1. The Morgan fingerprint density at radius 3 is 2.72 bits per heavy atom. The molecule has 0 aliphatic carbocycles. The first-order chi connectivity index (χ1) is 12.1. The monoisotopic (exact) mass is 345 g/mol. The van der Waals surface area contributed by atoms with E-state index in [0.29, 0.717) is 55.1 Å². The number of aryl methyl sites for hydroxylation is 1. The normalized spacial score (nSPS) is 16.9. The molecular weight excluding hydrogens is 322 g/mol. The molecule has 2 heterocycles. The van der Waals surface area contributed by atoms with Gasteiger partial charge in [-0.2, -0.15) is 4.98 Å². The summed E-state index contributed by atoms with van der Waals surface area (Å²) in [5.41, 5.74) is 0.592. The first-order valence-electron chi connectivity index (χ1n) is 8.61. The number of aromatic nitrogens is 2. The molecule has 1 saturated heterocycles. The van der Waals surface area contributed by atoms with Crippen LogP contribution in [0.3, 0.4) is 0 Å². The predicted octanol–water partition coefficient (Wildman–Crippen LogP) is 2.81. The van der Waals surface area contributed by atoms with Gasteiger partial charge in [0.25, 0.3) is 5.91 Å². The first kappa shape index (κ1) is 17.3. The number of hydrogen-bond donors (Lipinski definition) is 0. The molecule has 7 heteroatoms. The van der Waals surface area contributed by atoms with Gasteiger partial charge in [0, 0.05) is 18.7 Å². The molecule has 25 heavy (non-hydrogen) atoms. The van der Waals surface area contributed by atoms with E-state index in [4.69, 9.17) is 14.0 Å². The van der Waals surface area contributed by atoms with E-state index >= 15 is 0 Å². The lowest BCUT2D eigenvalue weighted by molar-refractivity contribution is 0.0789. The van der Waals surface area contributed by atoms with Gasteiger partial charge in [0.1, 0.15) is 0 Å². The van der Waals surface area contributed by atoms with Crippen LogP contribution in [0.2, 0.25) is 0 Å². The lowest BCUT2D eigenvalue weighted by Crippen LogP contribution is -2.28. The molecule has 1 atom stereocenters. The summed E-state index contributed by atoms with van der Waals surface area (Å²) in [4.78, 5) is 18.9. The van der Waals surface area contributed by atoms with Crippen LogP contribution in [0, 0.1) is 6.92 Å². The molecule has 0 bridgehead atoms.